The summed E-state index contributed by atoms with van der Waals surface area (Å²) in [7, 11) is 1.31. The number of carbonyl (C=O) groups is 1. The van der Waals surface area contributed by atoms with Gasteiger partial charge < -0.3 is 15.0 Å². The summed E-state index contributed by atoms with van der Waals surface area (Å²) in [4.78, 5) is 12.2. The van der Waals surface area contributed by atoms with Crippen molar-refractivity contribution in [3.63, 3.8) is 0 Å². The SMILES string of the molecule is C=C1NC=CC=C1c1c(C)[nH]c2cc(F)c(CC)cc12.COC=O. The number of aromatic nitrogens is 1. The second kappa shape index (κ2) is 7.64. The van der Waals surface area contributed by atoms with Crippen molar-refractivity contribution in [3.8, 4) is 0 Å². The van der Waals surface area contributed by atoms with Gasteiger partial charge in [0.25, 0.3) is 6.47 Å². The molecule has 1 aliphatic heterocycles. The van der Waals surface area contributed by atoms with Crippen molar-refractivity contribution in [3.05, 3.63) is 65.4 Å². The molecule has 24 heavy (non-hydrogen) atoms. The van der Waals surface area contributed by atoms with Crippen LogP contribution in [0.3, 0.4) is 0 Å². The lowest BCUT2D eigenvalue weighted by Gasteiger charge is -2.14. The number of hydrogen-bond acceptors (Lipinski definition) is 3. The van der Waals surface area contributed by atoms with Gasteiger partial charge in [0.15, 0.2) is 0 Å². The van der Waals surface area contributed by atoms with Crippen LogP contribution < -0.4 is 5.32 Å². The van der Waals surface area contributed by atoms with E-state index in [1.54, 1.807) is 6.07 Å². The van der Waals surface area contributed by atoms with E-state index in [1.807, 2.05) is 38.3 Å². The van der Waals surface area contributed by atoms with Gasteiger partial charge in [-0.3, -0.25) is 4.79 Å². The smallest absolute Gasteiger partial charge is 0.292 e. The molecular weight excluding hydrogens is 307 g/mol. The molecule has 1 aromatic heterocycles. The summed E-state index contributed by atoms with van der Waals surface area (Å²) < 4.78 is 17.8. The Hall–Kier alpha value is -2.82. The van der Waals surface area contributed by atoms with E-state index >= 15 is 0 Å². The van der Waals surface area contributed by atoms with Crippen LogP contribution in [0.4, 0.5) is 4.39 Å². The van der Waals surface area contributed by atoms with Crippen LogP contribution in [-0.4, -0.2) is 18.6 Å². The predicted molar refractivity (Wildman–Crippen MR) is 94.8 cm³/mol. The molecule has 0 saturated carbocycles. The topological polar surface area (TPSA) is 54.1 Å². The van der Waals surface area contributed by atoms with Crippen molar-refractivity contribution in [2.24, 2.45) is 0 Å². The highest BCUT2D eigenvalue weighted by Gasteiger charge is 2.17. The fourth-order valence-corrected chi connectivity index (χ4v) is 2.72. The van der Waals surface area contributed by atoms with Crippen LogP contribution in [0.25, 0.3) is 16.5 Å². The molecule has 0 fully saturated rings. The number of aromatic amines is 1. The number of hydrogen-bond donors (Lipinski definition) is 2. The summed E-state index contributed by atoms with van der Waals surface area (Å²) in [6.07, 6.45) is 6.52. The fourth-order valence-electron chi connectivity index (χ4n) is 2.72. The minimum atomic E-state index is -0.151. The highest BCUT2D eigenvalue weighted by atomic mass is 19.1. The first-order valence-corrected chi connectivity index (χ1v) is 7.63. The van der Waals surface area contributed by atoms with E-state index in [9.17, 15) is 4.39 Å². The molecule has 3 rings (SSSR count). The zero-order valence-electron chi connectivity index (χ0n) is 14.1. The summed E-state index contributed by atoms with van der Waals surface area (Å²) >= 11 is 0. The number of benzene rings is 1. The lowest BCUT2D eigenvalue weighted by Crippen LogP contribution is -2.08. The molecule has 2 aromatic rings. The Balaban J connectivity index is 0.000000471. The van der Waals surface area contributed by atoms with Crippen molar-refractivity contribution in [1.82, 2.24) is 10.3 Å². The molecule has 4 nitrogen and oxygen atoms in total. The third kappa shape index (κ3) is 3.40. The number of methoxy groups -OCH3 is 1. The number of fused-ring (bicyclic) bond motifs is 1. The first-order chi connectivity index (χ1) is 11.5. The van der Waals surface area contributed by atoms with Gasteiger partial charge in [0.05, 0.1) is 7.11 Å². The Kier molecular flexibility index (Phi) is 5.58. The number of ether oxygens (including phenoxy) is 1. The van der Waals surface area contributed by atoms with Crippen molar-refractivity contribution in [1.29, 1.82) is 0 Å². The number of nitrogens with one attached hydrogen (secondary N) is 2. The van der Waals surface area contributed by atoms with E-state index in [0.717, 1.165) is 39.0 Å². The third-order valence-electron chi connectivity index (χ3n) is 3.84. The Labute approximate surface area is 140 Å². The minimum absolute atomic E-state index is 0.151. The maximum absolute atomic E-state index is 13.9. The molecule has 2 heterocycles. The molecule has 0 radical (unpaired) electrons. The fraction of sp³-hybridized carbons (Fsp3) is 0.211. The molecule has 0 atom stereocenters. The number of rotatable bonds is 3. The van der Waals surface area contributed by atoms with Crippen LogP contribution in [-0.2, 0) is 16.0 Å². The summed E-state index contributed by atoms with van der Waals surface area (Å²) in [5, 5.41) is 4.17. The molecule has 5 heteroatoms. The highest BCUT2D eigenvalue weighted by molar-refractivity contribution is 5.99. The summed E-state index contributed by atoms with van der Waals surface area (Å²) in [6.45, 7) is 8.39. The van der Waals surface area contributed by atoms with E-state index in [4.69, 9.17) is 4.79 Å². The maximum Gasteiger partial charge on any atom is 0.292 e. The average molecular weight is 328 g/mol. The normalized spacial score (nSPS) is 13.0. The van der Waals surface area contributed by atoms with Gasteiger partial charge in [0.1, 0.15) is 5.82 Å². The zero-order valence-corrected chi connectivity index (χ0v) is 14.1. The number of dihydropyridines is 1. The molecule has 0 saturated heterocycles. The lowest BCUT2D eigenvalue weighted by atomic mass is 9.97. The van der Waals surface area contributed by atoms with E-state index < -0.39 is 0 Å². The quantitative estimate of drug-likeness (QED) is 0.838. The molecule has 0 bridgehead atoms. The lowest BCUT2D eigenvalue weighted by molar-refractivity contribution is -0.126. The first kappa shape index (κ1) is 17.5. The third-order valence-corrected chi connectivity index (χ3v) is 3.84. The largest absolute Gasteiger partial charge is 0.471 e. The molecule has 0 unspecified atom stereocenters. The van der Waals surface area contributed by atoms with Gasteiger partial charge >= 0.3 is 0 Å². The van der Waals surface area contributed by atoms with Crippen LogP contribution in [0.15, 0.2) is 42.8 Å². The van der Waals surface area contributed by atoms with Gasteiger partial charge in [0, 0.05) is 39.6 Å². The van der Waals surface area contributed by atoms with E-state index in [1.165, 1.54) is 7.11 Å². The summed E-state index contributed by atoms with van der Waals surface area (Å²) in [5.74, 6) is -0.151. The van der Waals surface area contributed by atoms with Crippen LogP contribution in [0.2, 0.25) is 0 Å². The number of allylic oxidation sites excluding steroid dienone is 3. The second-order valence-electron chi connectivity index (χ2n) is 5.36. The first-order valence-electron chi connectivity index (χ1n) is 7.63. The van der Waals surface area contributed by atoms with E-state index in [2.05, 4.69) is 21.6 Å². The van der Waals surface area contributed by atoms with Crippen LogP contribution in [0.5, 0.6) is 0 Å². The highest BCUT2D eigenvalue weighted by Crippen LogP contribution is 2.34. The number of halogens is 1. The van der Waals surface area contributed by atoms with Gasteiger partial charge in [-0.1, -0.05) is 19.6 Å². The van der Waals surface area contributed by atoms with E-state index in [-0.39, 0.29) is 5.82 Å². The van der Waals surface area contributed by atoms with Gasteiger partial charge in [-0.25, -0.2) is 4.39 Å². The van der Waals surface area contributed by atoms with Crippen LogP contribution >= 0.6 is 0 Å². The van der Waals surface area contributed by atoms with Crippen molar-refractivity contribution >= 4 is 22.9 Å². The van der Waals surface area contributed by atoms with Gasteiger partial charge in [-0.05, 0) is 37.1 Å². The average Bonchev–Trinajstić information content (AvgIpc) is 2.89. The standard InChI is InChI=1S/C17H17FN2.C2H4O2/c1-4-12-8-14-16(9-15(12)18)20-11(3)17(14)13-6-5-7-19-10(13)2;1-4-2-3/h5-9,19-20H,2,4H2,1,3H3;2H,1H3. The summed E-state index contributed by atoms with van der Waals surface area (Å²) in [6, 6.07) is 3.52. The minimum Gasteiger partial charge on any atom is -0.471 e. The number of aryl methyl sites for hydroxylation is 2. The zero-order chi connectivity index (χ0) is 17.7. The molecule has 1 aromatic carbocycles. The number of carbonyl (C=O) groups excluding carboxylic acids is 1. The van der Waals surface area contributed by atoms with Crippen molar-refractivity contribution < 1.29 is 13.9 Å². The van der Waals surface area contributed by atoms with Crippen molar-refractivity contribution in [2.75, 3.05) is 7.11 Å². The Bertz CT molecular complexity index is 831. The molecule has 126 valence electrons. The molecule has 0 amide bonds. The predicted octanol–water partition coefficient (Wildman–Crippen LogP) is 3.98. The van der Waals surface area contributed by atoms with E-state index in [0.29, 0.717) is 12.9 Å². The van der Waals surface area contributed by atoms with Crippen molar-refractivity contribution in [2.45, 2.75) is 20.3 Å². The van der Waals surface area contributed by atoms with Gasteiger partial charge in [-0.15, -0.1) is 0 Å². The molecule has 0 aliphatic carbocycles. The summed E-state index contributed by atoms with van der Waals surface area (Å²) in [5.41, 5.74) is 5.59. The Morgan fingerprint density at radius 3 is 2.67 bits per heavy atom. The molecule has 1 aliphatic rings. The van der Waals surface area contributed by atoms with Crippen LogP contribution in [0.1, 0.15) is 23.7 Å². The van der Waals surface area contributed by atoms with Crippen LogP contribution in [0, 0.1) is 12.7 Å². The Morgan fingerprint density at radius 2 is 2.08 bits per heavy atom. The Morgan fingerprint density at radius 1 is 1.38 bits per heavy atom. The molecule has 0 spiro atoms. The van der Waals surface area contributed by atoms with Gasteiger partial charge in [-0.2, -0.15) is 0 Å². The van der Waals surface area contributed by atoms with Gasteiger partial charge in [0.2, 0.25) is 0 Å². The monoisotopic (exact) mass is 328 g/mol. The number of H-pyrrole nitrogens is 1. The maximum atomic E-state index is 13.9. The second-order valence-corrected chi connectivity index (χ2v) is 5.36. The molecular formula is C19H21FN2O2. The molecule has 2 N–H and O–H groups in total.